The van der Waals surface area contributed by atoms with Crippen molar-refractivity contribution in [3.63, 3.8) is 0 Å². The molecule has 0 aliphatic carbocycles. The predicted molar refractivity (Wildman–Crippen MR) is 112 cm³/mol. The van der Waals surface area contributed by atoms with Gasteiger partial charge < -0.3 is 5.32 Å². The summed E-state index contributed by atoms with van der Waals surface area (Å²) in [6, 6.07) is 23.7. The van der Waals surface area contributed by atoms with E-state index >= 15 is 0 Å². The average molecular weight is 377 g/mol. The topological polar surface area (TPSA) is 24.9 Å². The Labute approximate surface area is 162 Å². The van der Waals surface area contributed by atoms with Crippen molar-refractivity contribution in [3.8, 4) is 10.6 Å². The van der Waals surface area contributed by atoms with Crippen molar-refractivity contribution in [2.24, 2.45) is 0 Å². The second-order valence-electron chi connectivity index (χ2n) is 6.19. The molecule has 0 amide bonds. The minimum Gasteiger partial charge on any atom is -0.304 e. The normalized spacial score (nSPS) is 12.2. The zero-order chi connectivity index (χ0) is 17.6. The fraction of sp³-hybridized carbons (Fsp3) is 0.136. The summed E-state index contributed by atoms with van der Waals surface area (Å²) >= 11 is 3.43. The molecule has 0 bridgehead atoms. The van der Waals surface area contributed by atoms with E-state index in [1.807, 2.05) is 0 Å². The summed E-state index contributed by atoms with van der Waals surface area (Å²) in [4.78, 5) is 4.79. The molecule has 4 aromatic rings. The van der Waals surface area contributed by atoms with E-state index in [0.29, 0.717) is 0 Å². The Morgan fingerprint density at radius 2 is 1.65 bits per heavy atom. The molecule has 2 nitrogen and oxygen atoms in total. The Morgan fingerprint density at radius 3 is 2.38 bits per heavy atom. The molecule has 0 fully saturated rings. The number of rotatable bonds is 7. The van der Waals surface area contributed by atoms with Crippen molar-refractivity contribution in [1.82, 2.24) is 10.3 Å². The first-order valence-electron chi connectivity index (χ1n) is 8.68. The number of hydrogen-bond donors (Lipinski definition) is 1. The van der Waals surface area contributed by atoms with Gasteiger partial charge in [-0.15, -0.1) is 11.3 Å². The Hall–Kier alpha value is -2.27. The SMILES string of the molecule is c1ccc(C[C@@H](NCc2csc(-c3ccsc3)n2)c2ccccc2)cc1. The fourth-order valence-electron chi connectivity index (χ4n) is 2.98. The lowest BCUT2D eigenvalue weighted by molar-refractivity contribution is 0.526. The van der Waals surface area contributed by atoms with E-state index in [2.05, 4.69) is 88.2 Å². The molecule has 0 saturated heterocycles. The van der Waals surface area contributed by atoms with Crippen molar-refractivity contribution in [2.45, 2.75) is 19.0 Å². The Morgan fingerprint density at radius 1 is 0.885 bits per heavy atom. The lowest BCUT2D eigenvalue weighted by atomic mass is 9.99. The number of thiophene rings is 1. The molecule has 0 unspecified atom stereocenters. The van der Waals surface area contributed by atoms with Crippen LogP contribution in [0.4, 0.5) is 0 Å². The van der Waals surface area contributed by atoms with E-state index in [-0.39, 0.29) is 6.04 Å². The molecule has 2 aromatic heterocycles. The first-order chi connectivity index (χ1) is 12.9. The predicted octanol–water partition coefficient (Wildman–Crippen LogP) is 5.95. The van der Waals surface area contributed by atoms with Crippen LogP contribution in [0.15, 0.2) is 82.9 Å². The molecule has 1 atom stereocenters. The average Bonchev–Trinajstić information content (AvgIpc) is 3.38. The molecule has 26 heavy (non-hydrogen) atoms. The minimum atomic E-state index is 0.268. The van der Waals surface area contributed by atoms with Gasteiger partial charge in [-0.3, -0.25) is 0 Å². The van der Waals surface area contributed by atoms with E-state index in [1.165, 1.54) is 16.7 Å². The second kappa shape index (κ2) is 8.41. The van der Waals surface area contributed by atoms with Crippen molar-refractivity contribution in [2.75, 3.05) is 0 Å². The zero-order valence-electron chi connectivity index (χ0n) is 14.3. The van der Waals surface area contributed by atoms with Crippen LogP contribution in [0.3, 0.4) is 0 Å². The van der Waals surface area contributed by atoms with Gasteiger partial charge in [-0.1, -0.05) is 60.7 Å². The maximum Gasteiger partial charge on any atom is 0.124 e. The monoisotopic (exact) mass is 376 g/mol. The summed E-state index contributed by atoms with van der Waals surface area (Å²) in [5.74, 6) is 0. The summed E-state index contributed by atoms with van der Waals surface area (Å²) in [6.07, 6.45) is 0.965. The molecule has 0 spiro atoms. The van der Waals surface area contributed by atoms with Crippen molar-refractivity contribution in [3.05, 3.63) is 99.7 Å². The standard InChI is InChI=1S/C22H20N2S2/c1-3-7-17(8-4-1)13-21(18-9-5-2-6-10-18)23-14-20-16-26-22(24-20)19-11-12-25-15-19/h1-12,15-16,21,23H,13-14H2/t21-/m1/s1. The molecule has 0 radical (unpaired) electrons. The lowest BCUT2D eigenvalue weighted by Gasteiger charge is -2.19. The molecular formula is C22H20N2S2. The van der Waals surface area contributed by atoms with Crippen molar-refractivity contribution < 1.29 is 0 Å². The molecule has 4 rings (SSSR count). The van der Waals surface area contributed by atoms with E-state index < -0.39 is 0 Å². The van der Waals surface area contributed by atoms with E-state index in [9.17, 15) is 0 Å². The fourth-order valence-corrected chi connectivity index (χ4v) is 4.51. The van der Waals surface area contributed by atoms with Crippen LogP contribution in [0.5, 0.6) is 0 Å². The quantitative estimate of drug-likeness (QED) is 0.431. The molecule has 0 aliphatic heterocycles. The number of nitrogens with zero attached hydrogens (tertiary/aromatic N) is 1. The van der Waals surface area contributed by atoms with Crippen molar-refractivity contribution >= 4 is 22.7 Å². The van der Waals surface area contributed by atoms with Gasteiger partial charge in [-0.05, 0) is 29.0 Å². The smallest absolute Gasteiger partial charge is 0.124 e. The number of aromatic nitrogens is 1. The van der Waals surface area contributed by atoms with Gasteiger partial charge in [0.05, 0.1) is 5.69 Å². The highest BCUT2D eigenvalue weighted by Crippen LogP contribution is 2.26. The van der Waals surface area contributed by atoms with Crippen LogP contribution in [-0.4, -0.2) is 4.98 Å². The Balaban J connectivity index is 1.48. The summed E-state index contributed by atoms with van der Waals surface area (Å²) in [5, 5.41) is 11.2. The number of benzene rings is 2. The van der Waals surface area contributed by atoms with Crippen LogP contribution in [0.1, 0.15) is 22.9 Å². The first-order valence-corrected chi connectivity index (χ1v) is 10.5. The number of nitrogens with one attached hydrogen (secondary N) is 1. The molecule has 4 heteroatoms. The maximum atomic E-state index is 4.79. The van der Waals surface area contributed by atoms with Crippen LogP contribution >= 0.6 is 22.7 Å². The highest BCUT2D eigenvalue weighted by atomic mass is 32.1. The molecule has 2 aromatic carbocycles. The van der Waals surface area contributed by atoms with Crippen LogP contribution in [-0.2, 0) is 13.0 Å². The Kier molecular flexibility index (Phi) is 5.55. The maximum absolute atomic E-state index is 4.79. The third-order valence-electron chi connectivity index (χ3n) is 4.33. The van der Waals surface area contributed by atoms with Crippen LogP contribution in [0.2, 0.25) is 0 Å². The van der Waals surface area contributed by atoms with Crippen molar-refractivity contribution in [1.29, 1.82) is 0 Å². The molecule has 0 saturated carbocycles. The molecule has 1 N–H and O–H groups in total. The van der Waals surface area contributed by atoms with Gasteiger partial charge in [0.15, 0.2) is 0 Å². The summed E-state index contributed by atoms with van der Waals surface area (Å²) in [6.45, 7) is 0.771. The zero-order valence-corrected chi connectivity index (χ0v) is 16.0. The third kappa shape index (κ3) is 4.28. The van der Waals surface area contributed by atoms with Gasteiger partial charge in [0.25, 0.3) is 0 Å². The third-order valence-corrected chi connectivity index (χ3v) is 5.96. The van der Waals surface area contributed by atoms with E-state index in [4.69, 9.17) is 4.98 Å². The van der Waals surface area contributed by atoms with Gasteiger partial charge in [0.2, 0.25) is 0 Å². The van der Waals surface area contributed by atoms with Crippen LogP contribution < -0.4 is 5.32 Å². The van der Waals surface area contributed by atoms with Gasteiger partial charge in [0, 0.05) is 28.9 Å². The van der Waals surface area contributed by atoms with Gasteiger partial charge >= 0.3 is 0 Å². The van der Waals surface area contributed by atoms with Gasteiger partial charge in [0.1, 0.15) is 5.01 Å². The molecule has 2 heterocycles. The van der Waals surface area contributed by atoms with Crippen LogP contribution in [0.25, 0.3) is 10.6 Å². The second-order valence-corrected chi connectivity index (χ2v) is 7.83. The first kappa shape index (κ1) is 17.2. The number of thiazole rings is 1. The van der Waals surface area contributed by atoms with E-state index in [1.54, 1.807) is 22.7 Å². The molecular weight excluding hydrogens is 356 g/mol. The lowest BCUT2D eigenvalue weighted by Crippen LogP contribution is -2.23. The highest BCUT2D eigenvalue weighted by molar-refractivity contribution is 7.14. The largest absolute Gasteiger partial charge is 0.304 e. The molecule has 0 aliphatic rings. The number of hydrogen-bond acceptors (Lipinski definition) is 4. The minimum absolute atomic E-state index is 0.268. The summed E-state index contributed by atoms with van der Waals surface area (Å²) in [5.41, 5.74) is 4.97. The Bertz CT molecular complexity index is 915. The summed E-state index contributed by atoms with van der Waals surface area (Å²) in [7, 11) is 0. The summed E-state index contributed by atoms with van der Waals surface area (Å²) < 4.78 is 0. The van der Waals surface area contributed by atoms with E-state index in [0.717, 1.165) is 23.7 Å². The highest BCUT2D eigenvalue weighted by Gasteiger charge is 2.13. The van der Waals surface area contributed by atoms with Gasteiger partial charge in [-0.2, -0.15) is 11.3 Å². The molecule has 130 valence electrons. The van der Waals surface area contributed by atoms with Gasteiger partial charge in [-0.25, -0.2) is 4.98 Å². The van der Waals surface area contributed by atoms with Crippen LogP contribution in [0, 0.1) is 0 Å².